The Morgan fingerprint density at radius 3 is 2.44 bits per heavy atom. The zero-order valence-corrected chi connectivity index (χ0v) is 16.3. The molecule has 2 amide bonds. The Labute approximate surface area is 161 Å². The van der Waals surface area contributed by atoms with Crippen molar-refractivity contribution in [2.75, 3.05) is 20.2 Å². The monoisotopic (exact) mass is 368 g/mol. The second kappa shape index (κ2) is 10.4. The van der Waals surface area contributed by atoms with E-state index in [-0.39, 0.29) is 11.8 Å². The Morgan fingerprint density at radius 1 is 1.04 bits per heavy atom. The van der Waals surface area contributed by atoms with E-state index in [1.54, 1.807) is 12.0 Å². The minimum absolute atomic E-state index is 0.0239. The summed E-state index contributed by atoms with van der Waals surface area (Å²) < 4.78 is 5.22. The maximum Gasteiger partial charge on any atom is 0.222 e. The van der Waals surface area contributed by atoms with E-state index >= 15 is 0 Å². The van der Waals surface area contributed by atoms with Crippen molar-refractivity contribution in [3.63, 3.8) is 0 Å². The van der Waals surface area contributed by atoms with Gasteiger partial charge in [-0.25, -0.2) is 0 Å². The number of ether oxygens (including phenoxy) is 1. The number of rotatable bonds is 9. The third-order valence-corrected chi connectivity index (χ3v) is 4.47. The van der Waals surface area contributed by atoms with E-state index in [0.29, 0.717) is 26.1 Å². The fourth-order valence-corrected chi connectivity index (χ4v) is 2.75. The Balaban J connectivity index is 1.78. The standard InChI is InChI=1S/C22H28N2O3/c1-17-7-9-20(10-8-17)16-23-22(26)12-14-24(18(2)25)13-11-19-5-4-6-21(15-19)27-3/h4-10,15H,11-14,16H2,1-3H3,(H,23,26). The van der Waals surface area contributed by atoms with Gasteiger partial charge in [-0.2, -0.15) is 0 Å². The van der Waals surface area contributed by atoms with Gasteiger partial charge in [-0.1, -0.05) is 42.0 Å². The average Bonchev–Trinajstić information content (AvgIpc) is 2.67. The van der Waals surface area contributed by atoms with E-state index < -0.39 is 0 Å². The lowest BCUT2D eigenvalue weighted by atomic mass is 10.1. The van der Waals surface area contributed by atoms with Gasteiger partial charge >= 0.3 is 0 Å². The molecule has 0 aromatic heterocycles. The van der Waals surface area contributed by atoms with Crippen LogP contribution in [0.25, 0.3) is 0 Å². The number of nitrogens with one attached hydrogen (secondary N) is 1. The van der Waals surface area contributed by atoms with E-state index in [0.717, 1.165) is 23.3 Å². The van der Waals surface area contributed by atoms with Crippen molar-refractivity contribution >= 4 is 11.8 Å². The fourth-order valence-electron chi connectivity index (χ4n) is 2.75. The molecular weight excluding hydrogens is 340 g/mol. The van der Waals surface area contributed by atoms with Gasteiger partial charge in [0, 0.05) is 33.0 Å². The van der Waals surface area contributed by atoms with Gasteiger partial charge in [-0.05, 0) is 36.6 Å². The summed E-state index contributed by atoms with van der Waals surface area (Å²) >= 11 is 0. The summed E-state index contributed by atoms with van der Waals surface area (Å²) in [5.74, 6) is 0.727. The lowest BCUT2D eigenvalue weighted by Crippen LogP contribution is -2.35. The molecule has 2 aromatic rings. The number of hydrogen-bond acceptors (Lipinski definition) is 3. The Kier molecular flexibility index (Phi) is 7.86. The summed E-state index contributed by atoms with van der Waals surface area (Å²) in [5, 5.41) is 2.91. The molecule has 1 N–H and O–H groups in total. The Hall–Kier alpha value is -2.82. The SMILES string of the molecule is COc1cccc(CCN(CCC(=O)NCc2ccc(C)cc2)C(C)=O)c1. The molecule has 144 valence electrons. The molecule has 0 atom stereocenters. The van der Waals surface area contributed by atoms with Gasteiger partial charge < -0.3 is 15.0 Å². The first-order valence-corrected chi connectivity index (χ1v) is 9.18. The van der Waals surface area contributed by atoms with Crippen LogP contribution in [0.15, 0.2) is 48.5 Å². The van der Waals surface area contributed by atoms with Crippen LogP contribution in [-0.4, -0.2) is 36.9 Å². The molecule has 0 aliphatic carbocycles. The first-order chi connectivity index (χ1) is 13.0. The second-order valence-electron chi connectivity index (χ2n) is 6.62. The van der Waals surface area contributed by atoms with Crippen LogP contribution in [0.3, 0.4) is 0 Å². The highest BCUT2D eigenvalue weighted by molar-refractivity contribution is 5.78. The molecule has 0 unspecified atom stereocenters. The number of aryl methyl sites for hydroxylation is 1. The molecule has 0 aliphatic heterocycles. The smallest absolute Gasteiger partial charge is 0.222 e. The van der Waals surface area contributed by atoms with E-state index in [2.05, 4.69) is 5.32 Å². The summed E-state index contributed by atoms with van der Waals surface area (Å²) in [6, 6.07) is 15.9. The summed E-state index contributed by atoms with van der Waals surface area (Å²) in [6.07, 6.45) is 1.02. The fraction of sp³-hybridized carbons (Fsp3) is 0.364. The molecule has 0 heterocycles. The Bertz CT molecular complexity index is 756. The number of carbonyl (C=O) groups is 2. The molecule has 5 nitrogen and oxygen atoms in total. The minimum Gasteiger partial charge on any atom is -0.497 e. The molecular formula is C22H28N2O3. The summed E-state index contributed by atoms with van der Waals surface area (Å²) in [4.78, 5) is 25.7. The summed E-state index contributed by atoms with van der Waals surface area (Å²) in [7, 11) is 1.64. The van der Waals surface area contributed by atoms with Crippen LogP contribution < -0.4 is 10.1 Å². The van der Waals surface area contributed by atoms with E-state index in [9.17, 15) is 9.59 Å². The lowest BCUT2D eigenvalue weighted by molar-refractivity contribution is -0.129. The summed E-state index contributed by atoms with van der Waals surface area (Å²) in [6.45, 7) is 5.07. The third kappa shape index (κ3) is 7.13. The average molecular weight is 368 g/mol. The maximum absolute atomic E-state index is 12.1. The zero-order chi connectivity index (χ0) is 19.6. The molecule has 5 heteroatoms. The van der Waals surface area contributed by atoms with Crippen LogP contribution in [-0.2, 0) is 22.6 Å². The maximum atomic E-state index is 12.1. The highest BCUT2D eigenvalue weighted by Gasteiger charge is 2.11. The molecule has 0 radical (unpaired) electrons. The van der Waals surface area contributed by atoms with Crippen molar-refractivity contribution in [2.45, 2.75) is 33.2 Å². The predicted octanol–water partition coefficient (Wildman–Crippen LogP) is 3.10. The molecule has 0 saturated heterocycles. The molecule has 2 rings (SSSR count). The van der Waals surface area contributed by atoms with Crippen molar-refractivity contribution in [1.29, 1.82) is 0 Å². The molecule has 0 spiro atoms. The van der Waals surface area contributed by atoms with Crippen LogP contribution >= 0.6 is 0 Å². The normalized spacial score (nSPS) is 10.3. The van der Waals surface area contributed by atoms with Crippen LogP contribution in [0.1, 0.15) is 30.0 Å². The van der Waals surface area contributed by atoms with Crippen LogP contribution in [0.4, 0.5) is 0 Å². The van der Waals surface area contributed by atoms with Gasteiger partial charge in [0.2, 0.25) is 11.8 Å². The van der Waals surface area contributed by atoms with E-state index in [1.807, 2.05) is 55.5 Å². The Morgan fingerprint density at radius 2 is 1.78 bits per heavy atom. The molecule has 0 fully saturated rings. The van der Waals surface area contributed by atoms with Crippen LogP contribution in [0, 0.1) is 6.92 Å². The largest absolute Gasteiger partial charge is 0.497 e. The number of carbonyl (C=O) groups excluding carboxylic acids is 2. The molecule has 0 bridgehead atoms. The van der Waals surface area contributed by atoms with Gasteiger partial charge in [-0.3, -0.25) is 9.59 Å². The van der Waals surface area contributed by atoms with Crippen LogP contribution in [0.5, 0.6) is 5.75 Å². The first kappa shape index (κ1) is 20.5. The van der Waals surface area contributed by atoms with Crippen molar-refractivity contribution < 1.29 is 14.3 Å². The number of hydrogen-bond donors (Lipinski definition) is 1. The molecule has 0 aliphatic rings. The summed E-state index contributed by atoms with van der Waals surface area (Å²) in [5.41, 5.74) is 3.36. The number of amides is 2. The highest BCUT2D eigenvalue weighted by atomic mass is 16.5. The van der Waals surface area contributed by atoms with Gasteiger partial charge in [-0.15, -0.1) is 0 Å². The van der Waals surface area contributed by atoms with Crippen molar-refractivity contribution in [1.82, 2.24) is 10.2 Å². The van der Waals surface area contributed by atoms with Crippen LogP contribution in [0.2, 0.25) is 0 Å². The zero-order valence-electron chi connectivity index (χ0n) is 16.3. The second-order valence-corrected chi connectivity index (χ2v) is 6.62. The lowest BCUT2D eigenvalue weighted by Gasteiger charge is -2.21. The number of nitrogens with zero attached hydrogens (tertiary/aromatic N) is 1. The molecule has 0 saturated carbocycles. The van der Waals surface area contributed by atoms with E-state index in [4.69, 9.17) is 4.74 Å². The van der Waals surface area contributed by atoms with Gasteiger partial charge in [0.25, 0.3) is 0 Å². The third-order valence-electron chi connectivity index (χ3n) is 4.47. The number of methoxy groups -OCH3 is 1. The molecule has 2 aromatic carbocycles. The number of benzene rings is 2. The van der Waals surface area contributed by atoms with Gasteiger partial charge in [0.05, 0.1) is 7.11 Å². The van der Waals surface area contributed by atoms with Gasteiger partial charge in [0.15, 0.2) is 0 Å². The van der Waals surface area contributed by atoms with Gasteiger partial charge in [0.1, 0.15) is 5.75 Å². The molecule has 27 heavy (non-hydrogen) atoms. The van der Waals surface area contributed by atoms with Crippen molar-refractivity contribution in [3.8, 4) is 5.75 Å². The predicted molar refractivity (Wildman–Crippen MR) is 107 cm³/mol. The van der Waals surface area contributed by atoms with Crippen molar-refractivity contribution in [2.24, 2.45) is 0 Å². The minimum atomic E-state index is -0.0526. The highest BCUT2D eigenvalue weighted by Crippen LogP contribution is 2.13. The first-order valence-electron chi connectivity index (χ1n) is 9.18. The van der Waals surface area contributed by atoms with Crippen molar-refractivity contribution in [3.05, 3.63) is 65.2 Å². The van der Waals surface area contributed by atoms with E-state index in [1.165, 1.54) is 12.5 Å². The quantitative estimate of drug-likeness (QED) is 0.740. The topological polar surface area (TPSA) is 58.6 Å².